The van der Waals surface area contributed by atoms with E-state index in [1.165, 1.54) is 12.3 Å². The van der Waals surface area contributed by atoms with Crippen LogP contribution in [0.1, 0.15) is 26.3 Å². The van der Waals surface area contributed by atoms with Gasteiger partial charge in [-0.2, -0.15) is 0 Å². The molecule has 0 atom stereocenters. The van der Waals surface area contributed by atoms with Crippen LogP contribution in [0.15, 0.2) is 12.3 Å². The molecule has 0 aliphatic heterocycles. The highest BCUT2D eigenvalue weighted by molar-refractivity contribution is 6.33. The summed E-state index contributed by atoms with van der Waals surface area (Å²) >= 11 is 5.96. The van der Waals surface area contributed by atoms with Gasteiger partial charge in [-0.05, 0) is 38.8 Å². The van der Waals surface area contributed by atoms with Crippen LogP contribution in [0.4, 0.5) is 10.6 Å². The van der Waals surface area contributed by atoms with Gasteiger partial charge in [0.05, 0.1) is 5.02 Å². The summed E-state index contributed by atoms with van der Waals surface area (Å²) in [5, 5.41) is 20.1. The smallest absolute Gasteiger partial charge is 0.413 e. The van der Waals surface area contributed by atoms with Crippen molar-refractivity contribution < 1.29 is 29.3 Å². The first kappa shape index (κ1) is 18.7. The average molecular weight is 345 g/mol. The number of carbonyl (C=O) groups excluding carboxylic acids is 1. The number of anilines is 1. The number of carboxylic acid groups (broad SMARTS) is 2. The van der Waals surface area contributed by atoms with Crippen LogP contribution in [0.25, 0.3) is 0 Å². The molecular weight excluding hydrogens is 328 g/mol. The maximum atomic E-state index is 11.6. The number of hydrogen-bond acceptors (Lipinski definition) is 5. The number of hydrogen-bond donors (Lipinski definition) is 3. The van der Waals surface area contributed by atoms with E-state index in [4.69, 9.17) is 26.6 Å². The largest absolute Gasteiger partial charge is 0.481 e. The van der Waals surface area contributed by atoms with Gasteiger partial charge >= 0.3 is 18.0 Å². The summed E-state index contributed by atoms with van der Waals surface area (Å²) in [5.74, 6) is -4.47. The number of halogens is 1. The first-order valence-electron chi connectivity index (χ1n) is 6.59. The van der Waals surface area contributed by atoms with Crippen LogP contribution >= 0.6 is 11.6 Å². The molecule has 1 aromatic heterocycles. The van der Waals surface area contributed by atoms with Crippen molar-refractivity contribution in [3.05, 3.63) is 22.8 Å². The van der Waals surface area contributed by atoms with Crippen molar-refractivity contribution >= 4 is 35.5 Å². The first-order valence-corrected chi connectivity index (χ1v) is 6.97. The molecule has 9 heteroatoms. The van der Waals surface area contributed by atoms with E-state index < -0.39 is 29.6 Å². The van der Waals surface area contributed by atoms with Gasteiger partial charge in [-0.3, -0.25) is 14.9 Å². The fraction of sp³-hybridized carbons (Fsp3) is 0.429. The zero-order valence-corrected chi connectivity index (χ0v) is 13.5. The van der Waals surface area contributed by atoms with Crippen LogP contribution in [0, 0.1) is 5.92 Å². The van der Waals surface area contributed by atoms with Crippen LogP contribution in [-0.4, -0.2) is 38.8 Å². The zero-order valence-electron chi connectivity index (χ0n) is 12.8. The Morgan fingerprint density at radius 2 is 1.87 bits per heavy atom. The summed E-state index contributed by atoms with van der Waals surface area (Å²) in [6.45, 7) is 5.09. The fourth-order valence-electron chi connectivity index (χ4n) is 1.60. The van der Waals surface area contributed by atoms with Gasteiger partial charge in [0.2, 0.25) is 0 Å². The topological polar surface area (TPSA) is 126 Å². The monoisotopic (exact) mass is 344 g/mol. The van der Waals surface area contributed by atoms with Gasteiger partial charge < -0.3 is 14.9 Å². The van der Waals surface area contributed by atoms with Gasteiger partial charge in [0.15, 0.2) is 11.7 Å². The lowest BCUT2D eigenvalue weighted by Crippen LogP contribution is -2.27. The molecule has 0 saturated carbocycles. The Labute approximate surface area is 137 Å². The minimum absolute atomic E-state index is 0.0341. The molecule has 8 nitrogen and oxygen atoms in total. The van der Waals surface area contributed by atoms with Gasteiger partial charge in [-0.15, -0.1) is 0 Å². The minimum atomic E-state index is -1.60. The zero-order chi connectivity index (χ0) is 17.8. The van der Waals surface area contributed by atoms with Crippen LogP contribution in [0.5, 0.6) is 0 Å². The maximum Gasteiger partial charge on any atom is 0.413 e. The van der Waals surface area contributed by atoms with Crippen LogP contribution in [-0.2, 0) is 20.7 Å². The van der Waals surface area contributed by atoms with Crippen molar-refractivity contribution in [1.82, 2.24) is 4.98 Å². The molecular formula is C14H17ClN2O6. The van der Waals surface area contributed by atoms with E-state index in [0.29, 0.717) is 5.56 Å². The third kappa shape index (κ3) is 6.11. The standard InChI is InChI=1S/C14H17ClN2O6/c1-14(2,3)23-13(22)17-10-9(15)5-7(6-16-10)4-8(11(18)19)12(20)21/h5-6,8H,4H2,1-3H3,(H,18,19)(H,20,21)(H,16,17,22). The number of rotatable bonds is 5. The Kier molecular flexibility index (Phi) is 5.91. The maximum absolute atomic E-state index is 11.6. The number of pyridine rings is 1. The molecule has 0 spiro atoms. The Morgan fingerprint density at radius 3 is 2.30 bits per heavy atom. The molecule has 0 bridgehead atoms. The van der Waals surface area contributed by atoms with Crippen molar-refractivity contribution in [2.75, 3.05) is 5.32 Å². The molecule has 0 radical (unpaired) electrons. The lowest BCUT2D eigenvalue weighted by molar-refractivity contribution is -0.154. The molecule has 0 aliphatic rings. The molecule has 23 heavy (non-hydrogen) atoms. The van der Waals surface area contributed by atoms with Crippen LogP contribution in [0.2, 0.25) is 5.02 Å². The van der Waals surface area contributed by atoms with E-state index >= 15 is 0 Å². The van der Waals surface area contributed by atoms with Gasteiger partial charge in [0, 0.05) is 6.20 Å². The van der Waals surface area contributed by atoms with Crippen molar-refractivity contribution in [2.24, 2.45) is 5.92 Å². The predicted octanol–water partition coefficient (Wildman–Crippen LogP) is 2.41. The summed E-state index contributed by atoms with van der Waals surface area (Å²) in [6.07, 6.45) is 0.232. The van der Waals surface area contributed by atoms with E-state index in [1.807, 2.05) is 0 Å². The molecule has 126 valence electrons. The Balaban J connectivity index is 2.84. The number of nitrogens with zero attached hydrogens (tertiary/aromatic N) is 1. The van der Waals surface area contributed by atoms with Crippen molar-refractivity contribution in [3.8, 4) is 0 Å². The third-order valence-corrected chi connectivity index (χ3v) is 2.84. The molecule has 0 fully saturated rings. The second-order valence-electron chi connectivity index (χ2n) is 5.73. The Morgan fingerprint density at radius 1 is 1.30 bits per heavy atom. The minimum Gasteiger partial charge on any atom is -0.481 e. The second kappa shape index (κ2) is 7.28. The molecule has 1 amide bonds. The van der Waals surface area contributed by atoms with E-state index in [9.17, 15) is 14.4 Å². The molecule has 0 saturated heterocycles. The molecule has 1 rings (SSSR count). The van der Waals surface area contributed by atoms with Crippen LogP contribution in [0.3, 0.4) is 0 Å². The first-order chi connectivity index (χ1) is 10.5. The molecule has 0 aliphatic carbocycles. The highest BCUT2D eigenvalue weighted by atomic mass is 35.5. The average Bonchev–Trinajstić information content (AvgIpc) is 2.36. The number of aliphatic carboxylic acids is 2. The third-order valence-electron chi connectivity index (χ3n) is 2.55. The number of ether oxygens (including phenoxy) is 1. The summed E-state index contributed by atoms with van der Waals surface area (Å²) in [6, 6.07) is 1.35. The molecule has 1 heterocycles. The van der Waals surface area contributed by atoms with Crippen molar-refractivity contribution in [1.29, 1.82) is 0 Å². The summed E-state index contributed by atoms with van der Waals surface area (Å²) in [7, 11) is 0. The second-order valence-corrected chi connectivity index (χ2v) is 6.14. The van der Waals surface area contributed by atoms with Crippen molar-refractivity contribution in [3.63, 3.8) is 0 Å². The van der Waals surface area contributed by atoms with Gasteiger partial charge in [-0.1, -0.05) is 11.6 Å². The summed E-state index contributed by atoms with van der Waals surface area (Å²) in [4.78, 5) is 37.3. The summed E-state index contributed by atoms with van der Waals surface area (Å²) < 4.78 is 5.05. The van der Waals surface area contributed by atoms with E-state index in [2.05, 4.69) is 10.3 Å². The molecule has 0 unspecified atom stereocenters. The molecule has 0 aromatic carbocycles. The number of carboxylic acids is 2. The van der Waals surface area contributed by atoms with Gasteiger partial charge in [-0.25, -0.2) is 9.78 Å². The van der Waals surface area contributed by atoms with E-state index in [1.54, 1.807) is 20.8 Å². The number of carbonyl (C=O) groups is 3. The predicted molar refractivity (Wildman–Crippen MR) is 81.6 cm³/mol. The van der Waals surface area contributed by atoms with Gasteiger partial charge in [0.25, 0.3) is 0 Å². The Bertz CT molecular complexity index is 612. The number of nitrogens with one attached hydrogen (secondary N) is 1. The lowest BCUT2D eigenvalue weighted by Gasteiger charge is -2.19. The van der Waals surface area contributed by atoms with Crippen molar-refractivity contribution in [2.45, 2.75) is 32.8 Å². The lowest BCUT2D eigenvalue weighted by atomic mass is 10.0. The molecule has 1 aromatic rings. The van der Waals surface area contributed by atoms with E-state index in [0.717, 1.165) is 0 Å². The number of amides is 1. The SMILES string of the molecule is CC(C)(C)OC(=O)Nc1ncc(CC(C(=O)O)C(=O)O)cc1Cl. The fourth-order valence-corrected chi connectivity index (χ4v) is 1.83. The molecule has 3 N–H and O–H groups in total. The van der Waals surface area contributed by atoms with Crippen LogP contribution < -0.4 is 5.32 Å². The van der Waals surface area contributed by atoms with E-state index in [-0.39, 0.29) is 17.3 Å². The highest BCUT2D eigenvalue weighted by Crippen LogP contribution is 2.22. The normalized spacial score (nSPS) is 11.2. The Hall–Kier alpha value is -2.35. The quantitative estimate of drug-likeness (QED) is 0.700. The van der Waals surface area contributed by atoms with Gasteiger partial charge in [0.1, 0.15) is 5.60 Å². The number of aromatic nitrogens is 1. The summed E-state index contributed by atoms with van der Waals surface area (Å²) in [5.41, 5.74) is -0.369. The highest BCUT2D eigenvalue weighted by Gasteiger charge is 2.26.